The first-order valence-electron chi connectivity index (χ1n) is 6.32. The average molecular weight is 322 g/mol. The second-order valence-electron chi connectivity index (χ2n) is 4.84. The zero-order valence-corrected chi connectivity index (χ0v) is 12.4. The summed E-state index contributed by atoms with van der Waals surface area (Å²) in [7, 11) is 1.69. The van der Waals surface area contributed by atoms with Gasteiger partial charge in [-0.2, -0.15) is 0 Å². The largest absolute Gasteiger partial charge is 0.496 e. The van der Waals surface area contributed by atoms with Crippen molar-refractivity contribution in [1.29, 1.82) is 0 Å². The Kier molecular flexibility index (Phi) is 3.33. The molecule has 100 valence electrons. The van der Waals surface area contributed by atoms with Crippen LogP contribution < -0.4 is 10.5 Å². The number of nitrogens with two attached hydrogens (primary N) is 1. The Hall–Kier alpha value is -1.33. The van der Waals surface area contributed by atoms with Gasteiger partial charge in [-0.25, -0.2) is 4.98 Å². The fourth-order valence-electron chi connectivity index (χ4n) is 2.58. The van der Waals surface area contributed by atoms with Gasteiger partial charge >= 0.3 is 0 Å². The van der Waals surface area contributed by atoms with Crippen LogP contribution in [0.25, 0.3) is 11.3 Å². The quantitative estimate of drug-likeness (QED) is 0.925. The Balaban J connectivity index is 2.10. The summed E-state index contributed by atoms with van der Waals surface area (Å²) in [5, 5.41) is 0. The molecule has 2 aromatic rings. The highest BCUT2D eigenvalue weighted by Crippen LogP contribution is 2.35. The maximum absolute atomic E-state index is 6.00. The molecule has 2 heterocycles. The van der Waals surface area contributed by atoms with Crippen LogP contribution in [0.4, 0.5) is 0 Å². The molecule has 2 N–H and O–H groups in total. The third-order valence-corrected chi connectivity index (χ3v) is 4.04. The summed E-state index contributed by atoms with van der Waals surface area (Å²) in [6.07, 6.45) is 3.85. The van der Waals surface area contributed by atoms with E-state index >= 15 is 0 Å². The van der Waals surface area contributed by atoms with E-state index in [1.165, 1.54) is 5.69 Å². The summed E-state index contributed by atoms with van der Waals surface area (Å²) in [6.45, 7) is 0.846. The Morgan fingerprint density at radius 2 is 2.32 bits per heavy atom. The molecule has 0 amide bonds. The van der Waals surface area contributed by atoms with Crippen molar-refractivity contribution in [1.82, 2.24) is 9.55 Å². The van der Waals surface area contributed by atoms with Crippen molar-refractivity contribution in [2.45, 2.75) is 25.4 Å². The zero-order chi connectivity index (χ0) is 13.4. The van der Waals surface area contributed by atoms with Crippen LogP contribution in [0.3, 0.4) is 0 Å². The zero-order valence-electron chi connectivity index (χ0n) is 10.8. The van der Waals surface area contributed by atoms with Crippen LogP contribution in [0.15, 0.2) is 29.0 Å². The van der Waals surface area contributed by atoms with Crippen LogP contribution in [0.5, 0.6) is 5.75 Å². The van der Waals surface area contributed by atoms with Gasteiger partial charge < -0.3 is 15.0 Å². The Labute approximate surface area is 120 Å². The number of fused-ring (bicyclic) bond motifs is 1. The second kappa shape index (κ2) is 4.98. The number of imidazole rings is 1. The Morgan fingerprint density at radius 1 is 1.47 bits per heavy atom. The predicted molar refractivity (Wildman–Crippen MR) is 78.2 cm³/mol. The SMILES string of the molecule is COc1ccc(Br)cc1-c1ncn2c1CCC(N)C2. The predicted octanol–water partition coefficient (Wildman–Crippen LogP) is 2.59. The van der Waals surface area contributed by atoms with Crippen molar-refractivity contribution in [2.75, 3.05) is 7.11 Å². The van der Waals surface area contributed by atoms with Gasteiger partial charge in [0, 0.05) is 28.3 Å². The minimum Gasteiger partial charge on any atom is -0.496 e. The van der Waals surface area contributed by atoms with Gasteiger partial charge in [0.15, 0.2) is 0 Å². The van der Waals surface area contributed by atoms with Crippen LogP contribution in [0, 0.1) is 0 Å². The molecule has 1 aromatic carbocycles. The van der Waals surface area contributed by atoms with Crippen molar-refractivity contribution in [3.63, 3.8) is 0 Å². The maximum Gasteiger partial charge on any atom is 0.128 e. The summed E-state index contributed by atoms with van der Waals surface area (Å²) >= 11 is 3.51. The van der Waals surface area contributed by atoms with Gasteiger partial charge in [-0.3, -0.25) is 0 Å². The third-order valence-electron chi connectivity index (χ3n) is 3.55. The van der Waals surface area contributed by atoms with E-state index in [-0.39, 0.29) is 6.04 Å². The molecule has 1 aromatic heterocycles. The van der Waals surface area contributed by atoms with Crippen molar-refractivity contribution in [3.05, 3.63) is 34.7 Å². The summed E-state index contributed by atoms with van der Waals surface area (Å²) < 4.78 is 8.62. The van der Waals surface area contributed by atoms with Gasteiger partial charge in [0.1, 0.15) is 5.75 Å². The van der Waals surface area contributed by atoms with Crippen molar-refractivity contribution < 1.29 is 4.74 Å². The lowest BCUT2D eigenvalue weighted by molar-refractivity contribution is 0.416. The number of nitrogens with zero attached hydrogens (tertiary/aromatic N) is 2. The minimum absolute atomic E-state index is 0.235. The molecule has 4 nitrogen and oxygen atoms in total. The van der Waals surface area contributed by atoms with Crippen LogP contribution >= 0.6 is 15.9 Å². The topological polar surface area (TPSA) is 53.1 Å². The molecule has 0 saturated heterocycles. The number of ether oxygens (including phenoxy) is 1. The summed E-state index contributed by atoms with van der Waals surface area (Å²) in [4.78, 5) is 4.56. The molecule has 1 atom stereocenters. The van der Waals surface area contributed by atoms with Crippen LogP contribution in [-0.2, 0) is 13.0 Å². The first kappa shape index (κ1) is 12.7. The molecular formula is C14H16BrN3O. The molecule has 1 aliphatic rings. The van der Waals surface area contributed by atoms with Crippen molar-refractivity contribution in [2.24, 2.45) is 5.73 Å². The van der Waals surface area contributed by atoms with Crippen LogP contribution in [0.2, 0.25) is 0 Å². The third kappa shape index (κ3) is 2.28. The molecule has 0 spiro atoms. The van der Waals surface area contributed by atoms with E-state index in [0.29, 0.717) is 0 Å². The van der Waals surface area contributed by atoms with Gasteiger partial charge in [-0.1, -0.05) is 15.9 Å². The van der Waals surface area contributed by atoms with Gasteiger partial charge in [-0.05, 0) is 31.0 Å². The van der Waals surface area contributed by atoms with E-state index in [1.807, 2.05) is 18.5 Å². The number of halogens is 1. The van der Waals surface area contributed by atoms with Crippen molar-refractivity contribution in [3.8, 4) is 17.0 Å². The molecule has 1 unspecified atom stereocenters. The lowest BCUT2D eigenvalue weighted by Crippen LogP contribution is -2.31. The molecule has 0 fully saturated rings. The summed E-state index contributed by atoms with van der Waals surface area (Å²) in [5.41, 5.74) is 9.28. The number of benzene rings is 1. The average Bonchev–Trinajstić information content (AvgIpc) is 2.81. The first-order valence-corrected chi connectivity index (χ1v) is 7.12. The molecule has 0 bridgehead atoms. The molecular weight excluding hydrogens is 306 g/mol. The maximum atomic E-state index is 6.00. The number of aromatic nitrogens is 2. The number of hydrogen-bond donors (Lipinski definition) is 1. The lowest BCUT2D eigenvalue weighted by atomic mass is 10.0. The van der Waals surface area contributed by atoms with Gasteiger partial charge in [0.2, 0.25) is 0 Å². The fraction of sp³-hybridized carbons (Fsp3) is 0.357. The van der Waals surface area contributed by atoms with E-state index in [9.17, 15) is 0 Å². The highest BCUT2D eigenvalue weighted by molar-refractivity contribution is 9.10. The lowest BCUT2D eigenvalue weighted by Gasteiger charge is -2.21. The Bertz CT molecular complexity index is 609. The highest BCUT2D eigenvalue weighted by Gasteiger charge is 2.21. The molecule has 19 heavy (non-hydrogen) atoms. The molecule has 5 heteroatoms. The van der Waals surface area contributed by atoms with E-state index in [0.717, 1.165) is 40.9 Å². The van der Waals surface area contributed by atoms with Crippen LogP contribution in [-0.4, -0.2) is 22.7 Å². The number of methoxy groups -OCH3 is 1. The molecule has 0 saturated carbocycles. The smallest absolute Gasteiger partial charge is 0.128 e. The molecule has 0 aliphatic carbocycles. The Morgan fingerprint density at radius 3 is 3.11 bits per heavy atom. The second-order valence-corrected chi connectivity index (χ2v) is 5.75. The molecule has 3 rings (SSSR count). The first-order chi connectivity index (χ1) is 9.19. The van der Waals surface area contributed by atoms with Gasteiger partial charge in [0.25, 0.3) is 0 Å². The number of hydrogen-bond acceptors (Lipinski definition) is 3. The van der Waals surface area contributed by atoms with E-state index < -0.39 is 0 Å². The fourth-order valence-corrected chi connectivity index (χ4v) is 2.94. The van der Waals surface area contributed by atoms with E-state index in [2.05, 4.69) is 31.5 Å². The van der Waals surface area contributed by atoms with E-state index in [4.69, 9.17) is 10.5 Å². The highest BCUT2D eigenvalue weighted by atomic mass is 79.9. The van der Waals surface area contributed by atoms with E-state index in [1.54, 1.807) is 7.11 Å². The van der Waals surface area contributed by atoms with Gasteiger partial charge in [-0.15, -0.1) is 0 Å². The monoisotopic (exact) mass is 321 g/mol. The number of rotatable bonds is 2. The molecule has 0 radical (unpaired) electrons. The van der Waals surface area contributed by atoms with Crippen LogP contribution in [0.1, 0.15) is 12.1 Å². The molecule has 1 aliphatic heterocycles. The summed E-state index contributed by atoms with van der Waals surface area (Å²) in [5.74, 6) is 0.847. The normalized spacial score (nSPS) is 18.2. The van der Waals surface area contributed by atoms with Gasteiger partial charge in [0.05, 0.1) is 19.1 Å². The van der Waals surface area contributed by atoms with Crippen molar-refractivity contribution >= 4 is 15.9 Å². The minimum atomic E-state index is 0.235. The standard InChI is InChI=1S/C14H16BrN3O/c1-19-13-5-2-9(15)6-11(13)14-12-4-3-10(16)7-18(12)8-17-14/h2,5-6,8,10H,3-4,7,16H2,1H3. The summed E-state index contributed by atoms with van der Waals surface area (Å²) in [6, 6.07) is 6.22.